The van der Waals surface area contributed by atoms with Crippen LogP contribution in [0.4, 0.5) is 4.39 Å². The molecular weight excluding hydrogens is 239 g/mol. The fraction of sp³-hybridized carbons (Fsp3) is 0.500. The molecule has 2 rings (SSSR count). The van der Waals surface area contributed by atoms with Crippen LogP contribution in [0.1, 0.15) is 48.5 Å². The Labute approximate surface area is 106 Å². The fourth-order valence-electron chi connectivity index (χ4n) is 2.54. The molecule has 0 amide bonds. The van der Waals surface area contributed by atoms with Crippen LogP contribution < -0.4 is 0 Å². The third-order valence-corrected chi connectivity index (χ3v) is 4.06. The summed E-state index contributed by atoms with van der Waals surface area (Å²) in [5.41, 5.74) is 0.628. The Bertz CT molecular complexity index is 462. The number of ketones is 1. The summed E-state index contributed by atoms with van der Waals surface area (Å²) in [6.07, 6.45) is 3.97. The second-order valence-corrected chi connectivity index (χ2v) is 5.59. The summed E-state index contributed by atoms with van der Waals surface area (Å²) >= 11 is 5.98. The van der Waals surface area contributed by atoms with Gasteiger partial charge >= 0.3 is 0 Å². The van der Waals surface area contributed by atoms with E-state index in [0.717, 1.165) is 25.7 Å². The van der Waals surface area contributed by atoms with Crippen LogP contribution in [-0.2, 0) is 0 Å². The molecule has 0 bridgehead atoms. The zero-order valence-electron chi connectivity index (χ0n) is 10.1. The molecule has 0 heterocycles. The number of carbonyl (C=O) groups excluding carboxylic acids is 1. The van der Waals surface area contributed by atoms with Crippen LogP contribution in [0.2, 0.25) is 5.02 Å². The lowest BCUT2D eigenvalue weighted by atomic mass is 9.80. The fourth-order valence-corrected chi connectivity index (χ4v) is 2.77. The zero-order chi connectivity index (χ0) is 12.6. The highest BCUT2D eigenvalue weighted by Gasteiger charge is 2.37. The number of hydrogen-bond donors (Lipinski definition) is 0. The first kappa shape index (κ1) is 12.6. The van der Waals surface area contributed by atoms with Gasteiger partial charge in [-0.05, 0) is 37.5 Å². The van der Waals surface area contributed by atoms with Gasteiger partial charge in [-0.1, -0.05) is 31.4 Å². The first-order valence-corrected chi connectivity index (χ1v) is 6.32. The Hall–Kier alpha value is -0.890. The van der Waals surface area contributed by atoms with Gasteiger partial charge in [0.1, 0.15) is 5.82 Å². The lowest BCUT2D eigenvalue weighted by Gasteiger charge is -2.22. The van der Waals surface area contributed by atoms with Gasteiger partial charge in [0, 0.05) is 11.0 Å². The Morgan fingerprint density at radius 3 is 2.53 bits per heavy atom. The average Bonchev–Trinajstić information content (AvgIpc) is 2.71. The van der Waals surface area contributed by atoms with Crippen molar-refractivity contribution < 1.29 is 9.18 Å². The molecule has 1 aromatic rings. The molecular formula is C14H16ClFO. The van der Waals surface area contributed by atoms with E-state index in [4.69, 9.17) is 11.6 Å². The van der Waals surface area contributed by atoms with E-state index >= 15 is 0 Å². The van der Waals surface area contributed by atoms with Crippen molar-refractivity contribution in [2.45, 2.75) is 39.5 Å². The van der Waals surface area contributed by atoms with E-state index in [0.29, 0.717) is 11.1 Å². The van der Waals surface area contributed by atoms with E-state index in [1.54, 1.807) is 13.0 Å². The van der Waals surface area contributed by atoms with E-state index < -0.39 is 0 Å². The maximum Gasteiger partial charge on any atom is 0.170 e. The minimum absolute atomic E-state index is 0.0584. The van der Waals surface area contributed by atoms with Crippen molar-refractivity contribution in [3.05, 3.63) is 34.1 Å². The maximum atomic E-state index is 13.3. The van der Waals surface area contributed by atoms with Crippen LogP contribution in [-0.4, -0.2) is 5.78 Å². The van der Waals surface area contributed by atoms with E-state index in [-0.39, 0.29) is 22.0 Å². The Balaban J connectivity index is 2.40. The number of hydrogen-bond acceptors (Lipinski definition) is 1. The summed E-state index contributed by atoms with van der Waals surface area (Å²) < 4.78 is 13.3. The van der Waals surface area contributed by atoms with Crippen molar-refractivity contribution in [2.24, 2.45) is 5.41 Å². The number of halogens is 2. The summed E-state index contributed by atoms with van der Waals surface area (Å²) in [6, 6.07) is 2.81. The monoisotopic (exact) mass is 254 g/mol. The van der Waals surface area contributed by atoms with Crippen molar-refractivity contribution in [3.8, 4) is 0 Å². The number of rotatable bonds is 2. The van der Waals surface area contributed by atoms with Crippen LogP contribution in [0.3, 0.4) is 0 Å². The topological polar surface area (TPSA) is 17.1 Å². The number of carbonyl (C=O) groups is 1. The highest BCUT2D eigenvalue weighted by Crippen LogP contribution is 2.41. The quantitative estimate of drug-likeness (QED) is 0.708. The molecule has 0 N–H and O–H groups in total. The second kappa shape index (κ2) is 4.41. The third kappa shape index (κ3) is 2.23. The molecule has 0 unspecified atom stereocenters. The Morgan fingerprint density at radius 1 is 1.35 bits per heavy atom. The van der Waals surface area contributed by atoms with Crippen molar-refractivity contribution in [3.63, 3.8) is 0 Å². The molecule has 1 nitrogen and oxygen atoms in total. The smallest absolute Gasteiger partial charge is 0.170 e. The molecule has 17 heavy (non-hydrogen) atoms. The first-order chi connectivity index (χ1) is 7.94. The summed E-state index contributed by atoms with van der Waals surface area (Å²) in [7, 11) is 0. The number of Topliss-reactive ketones (excluding diaryl/α,β-unsaturated/α-hetero) is 1. The third-order valence-electron chi connectivity index (χ3n) is 3.75. The predicted octanol–water partition coefficient (Wildman–Crippen LogP) is 4.55. The normalized spacial score (nSPS) is 18.4. The first-order valence-electron chi connectivity index (χ1n) is 5.94. The summed E-state index contributed by atoms with van der Waals surface area (Å²) in [4.78, 5) is 12.4. The second-order valence-electron chi connectivity index (χ2n) is 5.18. The Morgan fingerprint density at radius 2 is 1.94 bits per heavy atom. The van der Waals surface area contributed by atoms with Crippen molar-refractivity contribution in [1.29, 1.82) is 0 Å². The van der Waals surface area contributed by atoms with E-state index in [1.807, 2.05) is 6.92 Å². The molecule has 3 heteroatoms. The molecule has 0 aromatic heterocycles. The van der Waals surface area contributed by atoms with Crippen LogP contribution in [0, 0.1) is 18.2 Å². The van der Waals surface area contributed by atoms with E-state index in [1.165, 1.54) is 6.07 Å². The van der Waals surface area contributed by atoms with Gasteiger partial charge in [-0.3, -0.25) is 4.79 Å². The van der Waals surface area contributed by atoms with Crippen LogP contribution >= 0.6 is 11.6 Å². The highest BCUT2D eigenvalue weighted by atomic mass is 35.5. The van der Waals surface area contributed by atoms with Crippen LogP contribution in [0.25, 0.3) is 0 Å². The summed E-state index contributed by atoms with van der Waals surface area (Å²) in [5, 5.41) is 0.228. The van der Waals surface area contributed by atoms with Gasteiger partial charge in [0.2, 0.25) is 0 Å². The largest absolute Gasteiger partial charge is 0.294 e. The molecule has 0 spiro atoms. The minimum atomic E-state index is -0.358. The summed E-state index contributed by atoms with van der Waals surface area (Å²) in [6.45, 7) is 3.64. The molecule has 1 aromatic carbocycles. The molecule has 92 valence electrons. The zero-order valence-corrected chi connectivity index (χ0v) is 10.9. The molecule has 1 aliphatic carbocycles. The molecule has 0 aliphatic heterocycles. The van der Waals surface area contributed by atoms with Crippen molar-refractivity contribution >= 4 is 17.4 Å². The van der Waals surface area contributed by atoms with Crippen molar-refractivity contribution in [2.75, 3.05) is 0 Å². The minimum Gasteiger partial charge on any atom is -0.294 e. The van der Waals surface area contributed by atoms with Gasteiger partial charge in [0.05, 0.1) is 5.02 Å². The summed E-state index contributed by atoms with van der Waals surface area (Å²) in [5.74, 6) is -0.300. The molecule has 0 atom stereocenters. The van der Waals surface area contributed by atoms with Gasteiger partial charge in [-0.15, -0.1) is 0 Å². The van der Waals surface area contributed by atoms with Gasteiger partial charge < -0.3 is 0 Å². The lowest BCUT2D eigenvalue weighted by Crippen LogP contribution is -2.24. The molecule has 0 saturated heterocycles. The van der Waals surface area contributed by atoms with E-state index in [9.17, 15) is 9.18 Å². The highest BCUT2D eigenvalue weighted by molar-refractivity contribution is 6.34. The number of benzene rings is 1. The van der Waals surface area contributed by atoms with Gasteiger partial charge in [-0.25, -0.2) is 4.39 Å². The molecule has 0 radical (unpaired) electrons. The van der Waals surface area contributed by atoms with Gasteiger partial charge in [0.15, 0.2) is 5.78 Å². The van der Waals surface area contributed by atoms with Crippen LogP contribution in [0.15, 0.2) is 12.1 Å². The van der Waals surface area contributed by atoms with E-state index in [2.05, 4.69) is 0 Å². The number of aryl methyl sites for hydroxylation is 1. The predicted molar refractivity (Wildman–Crippen MR) is 67.1 cm³/mol. The van der Waals surface area contributed by atoms with Gasteiger partial charge in [0.25, 0.3) is 0 Å². The van der Waals surface area contributed by atoms with Crippen molar-refractivity contribution in [1.82, 2.24) is 0 Å². The average molecular weight is 255 g/mol. The Kier molecular flexibility index (Phi) is 3.26. The standard InChI is InChI=1S/C14H16ClFO/c1-9-7-10(11(15)8-12(9)16)13(17)14(2)5-3-4-6-14/h7-8H,3-6H2,1-2H3. The molecule has 1 fully saturated rings. The molecule has 1 aliphatic rings. The molecule has 1 saturated carbocycles. The lowest BCUT2D eigenvalue weighted by molar-refractivity contribution is 0.0823. The SMILES string of the molecule is Cc1cc(C(=O)C2(C)CCCC2)c(Cl)cc1F. The van der Waals surface area contributed by atoms with Crippen LogP contribution in [0.5, 0.6) is 0 Å². The van der Waals surface area contributed by atoms with Gasteiger partial charge in [-0.2, -0.15) is 0 Å². The maximum absolute atomic E-state index is 13.3.